The molecule has 0 saturated carbocycles. The molecule has 1 saturated heterocycles. The quantitative estimate of drug-likeness (QED) is 0.725. The molecular formula is C22H26F3N2O+. The number of quaternary nitrogens is 1. The van der Waals surface area contributed by atoms with Gasteiger partial charge in [-0.15, -0.1) is 0 Å². The van der Waals surface area contributed by atoms with E-state index in [4.69, 9.17) is 0 Å². The van der Waals surface area contributed by atoms with E-state index in [0.717, 1.165) is 37.6 Å². The minimum Gasteiger partial charge on any atom is -0.343 e. The second-order valence-electron chi connectivity index (χ2n) is 7.75. The molecule has 0 spiro atoms. The first-order valence-electron chi connectivity index (χ1n) is 9.55. The topological polar surface area (TPSA) is 29.1 Å². The number of carbonyl (C=O) groups excluding carboxylic acids is 1. The number of carbonyl (C=O) groups is 1. The normalized spacial score (nSPS) is 18.5. The van der Waals surface area contributed by atoms with E-state index in [1.807, 2.05) is 37.4 Å². The van der Waals surface area contributed by atoms with Crippen molar-refractivity contribution in [1.82, 2.24) is 5.32 Å². The highest BCUT2D eigenvalue weighted by atomic mass is 19.4. The van der Waals surface area contributed by atoms with Gasteiger partial charge in [0, 0.05) is 25.3 Å². The molecular weight excluding hydrogens is 365 g/mol. The van der Waals surface area contributed by atoms with Crippen LogP contribution in [-0.4, -0.2) is 30.5 Å². The summed E-state index contributed by atoms with van der Waals surface area (Å²) in [6.45, 7) is 2.96. The lowest BCUT2D eigenvalue weighted by molar-refractivity contribution is -0.930. The van der Waals surface area contributed by atoms with Gasteiger partial charge < -0.3 is 9.80 Å². The zero-order valence-electron chi connectivity index (χ0n) is 16.2. The number of likely N-dealkylation sites (N-methyl/N-ethyl adjacent to an activating group) is 1. The van der Waals surface area contributed by atoms with Crippen molar-refractivity contribution < 1.29 is 22.4 Å². The molecule has 0 aromatic heterocycles. The molecule has 1 unspecified atom stereocenters. The standard InChI is InChI=1S/C22H25F3N2O/c1-16(28)26-20(17-10-4-3-5-11-17)21(27(2)14-8-9-15-27)18-12-6-7-13-19(18)22(23,24)25/h3-7,10-13,20-21H,8-9,14-15H2,1-2H3/p+1/t20-,21?/m0/s1. The van der Waals surface area contributed by atoms with Crippen LogP contribution in [-0.2, 0) is 11.0 Å². The van der Waals surface area contributed by atoms with Gasteiger partial charge in [-0.25, -0.2) is 0 Å². The lowest BCUT2D eigenvalue weighted by Gasteiger charge is -2.43. The third-order valence-electron chi connectivity index (χ3n) is 5.68. The molecule has 1 heterocycles. The van der Waals surface area contributed by atoms with Gasteiger partial charge in [-0.3, -0.25) is 4.79 Å². The molecule has 3 nitrogen and oxygen atoms in total. The molecule has 6 heteroatoms. The molecule has 1 aliphatic heterocycles. The molecule has 2 aromatic rings. The number of likely N-dealkylation sites (tertiary alicyclic amines) is 1. The summed E-state index contributed by atoms with van der Waals surface area (Å²) in [5.41, 5.74) is 0.422. The lowest BCUT2D eigenvalue weighted by atomic mass is 9.87. The highest BCUT2D eigenvalue weighted by Gasteiger charge is 2.47. The summed E-state index contributed by atoms with van der Waals surface area (Å²) in [7, 11) is 2.00. The predicted molar refractivity (Wildman–Crippen MR) is 102 cm³/mol. The van der Waals surface area contributed by atoms with Crippen LogP contribution in [0, 0.1) is 0 Å². The number of hydrogen-bond donors (Lipinski definition) is 1. The van der Waals surface area contributed by atoms with Crippen LogP contribution < -0.4 is 5.32 Å². The lowest BCUT2D eigenvalue weighted by Crippen LogP contribution is -2.50. The summed E-state index contributed by atoms with van der Waals surface area (Å²) in [6, 6.07) is 14.0. The van der Waals surface area contributed by atoms with Gasteiger partial charge in [0.15, 0.2) is 0 Å². The number of rotatable bonds is 5. The fraction of sp³-hybridized carbons (Fsp3) is 0.409. The Labute approximate surface area is 163 Å². The maximum absolute atomic E-state index is 13.9. The van der Waals surface area contributed by atoms with Gasteiger partial charge in [-0.1, -0.05) is 48.5 Å². The van der Waals surface area contributed by atoms with Crippen LogP contribution >= 0.6 is 0 Å². The van der Waals surface area contributed by atoms with Crippen molar-refractivity contribution in [3.63, 3.8) is 0 Å². The van der Waals surface area contributed by atoms with E-state index in [2.05, 4.69) is 5.32 Å². The summed E-state index contributed by atoms with van der Waals surface area (Å²) < 4.78 is 42.0. The Balaban J connectivity index is 2.21. The van der Waals surface area contributed by atoms with Crippen LogP contribution in [0.15, 0.2) is 54.6 Å². The van der Waals surface area contributed by atoms with Crippen LogP contribution in [0.3, 0.4) is 0 Å². The van der Waals surface area contributed by atoms with Crippen molar-refractivity contribution in [3.8, 4) is 0 Å². The molecule has 0 radical (unpaired) electrons. The van der Waals surface area contributed by atoms with E-state index in [9.17, 15) is 18.0 Å². The first-order chi connectivity index (χ1) is 13.2. The number of alkyl halides is 3. The van der Waals surface area contributed by atoms with E-state index in [-0.39, 0.29) is 11.5 Å². The average Bonchev–Trinajstić information content (AvgIpc) is 3.08. The van der Waals surface area contributed by atoms with Gasteiger partial charge in [0.05, 0.1) is 25.7 Å². The highest BCUT2D eigenvalue weighted by molar-refractivity contribution is 5.73. The molecule has 0 bridgehead atoms. The average molecular weight is 391 g/mol. The number of amides is 1. The van der Waals surface area contributed by atoms with Crippen molar-refractivity contribution in [1.29, 1.82) is 0 Å². The number of halogens is 3. The van der Waals surface area contributed by atoms with Crippen molar-refractivity contribution >= 4 is 5.91 Å². The molecule has 28 heavy (non-hydrogen) atoms. The number of nitrogens with zero attached hydrogens (tertiary/aromatic N) is 1. The van der Waals surface area contributed by atoms with Crippen molar-refractivity contribution in [2.45, 2.75) is 38.0 Å². The van der Waals surface area contributed by atoms with Gasteiger partial charge in [0.2, 0.25) is 5.91 Å². The second kappa shape index (κ2) is 7.95. The van der Waals surface area contributed by atoms with Gasteiger partial charge in [-0.05, 0) is 11.6 Å². The molecule has 0 aliphatic carbocycles. The summed E-state index contributed by atoms with van der Waals surface area (Å²) >= 11 is 0. The van der Waals surface area contributed by atoms with E-state index >= 15 is 0 Å². The van der Waals surface area contributed by atoms with Gasteiger partial charge in [0.1, 0.15) is 12.1 Å². The first-order valence-corrected chi connectivity index (χ1v) is 9.55. The zero-order valence-corrected chi connectivity index (χ0v) is 16.2. The number of nitrogens with one attached hydrogen (secondary N) is 1. The SMILES string of the molecule is CC(=O)N[C@@H](c1ccccc1)C(c1ccccc1C(F)(F)F)[N+]1(C)CCCC1. The minimum atomic E-state index is -4.45. The van der Waals surface area contributed by atoms with Crippen LogP contribution in [0.25, 0.3) is 0 Å². The smallest absolute Gasteiger partial charge is 0.343 e. The molecule has 2 atom stereocenters. The highest BCUT2D eigenvalue weighted by Crippen LogP contribution is 2.45. The Morgan fingerprint density at radius 1 is 1.00 bits per heavy atom. The van der Waals surface area contributed by atoms with Crippen LogP contribution in [0.1, 0.15) is 48.5 Å². The molecule has 3 rings (SSSR count). The molecule has 1 aliphatic rings. The monoisotopic (exact) mass is 391 g/mol. The molecule has 1 fully saturated rings. The van der Waals surface area contributed by atoms with Gasteiger partial charge in [-0.2, -0.15) is 13.2 Å². The van der Waals surface area contributed by atoms with Crippen LogP contribution in [0.4, 0.5) is 13.2 Å². The summed E-state index contributed by atoms with van der Waals surface area (Å²) in [4.78, 5) is 12.0. The zero-order chi connectivity index (χ0) is 20.4. The first kappa shape index (κ1) is 20.4. The Morgan fingerprint density at radius 2 is 1.57 bits per heavy atom. The second-order valence-corrected chi connectivity index (χ2v) is 7.75. The largest absolute Gasteiger partial charge is 0.416 e. The third kappa shape index (κ3) is 4.22. The van der Waals surface area contributed by atoms with E-state index in [1.54, 1.807) is 12.1 Å². The summed E-state index contributed by atoms with van der Waals surface area (Å²) in [5, 5.41) is 2.95. The molecule has 1 N–H and O–H groups in total. The van der Waals surface area contributed by atoms with Crippen molar-refractivity contribution in [3.05, 3.63) is 71.3 Å². The summed E-state index contributed by atoms with van der Waals surface area (Å²) in [6.07, 6.45) is -2.53. The molecule has 1 amide bonds. The Kier molecular flexibility index (Phi) is 5.79. The Hall–Kier alpha value is -2.34. The molecule has 2 aromatic carbocycles. The van der Waals surface area contributed by atoms with Crippen molar-refractivity contribution in [2.24, 2.45) is 0 Å². The van der Waals surface area contributed by atoms with Crippen LogP contribution in [0.2, 0.25) is 0 Å². The van der Waals surface area contributed by atoms with E-state index in [1.165, 1.54) is 13.0 Å². The van der Waals surface area contributed by atoms with E-state index in [0.29, 0.717) is 4.48 Å². The fourth-order valence-corrected chi connectivity index (χ4v) is 4.45. The Bertz CT molecular complexity index is 814. The Morgan fingerprint density at radius 3 is 2.14 bits per heavy atom. The van der Waals surface area contributed by atoms with Gasteiger partial charge >= 0.3 is 6.18 Å². The maximum atomic E-state index is 13.9. The predicted octanol–water partition coefficient (Wildman–Crippen LogP) is 4.86. The summed E-state index contributed by atoms with van der Waals surface area (Å²) in [5.74, 6) is -0.255. The van der Waals surface area contributed by atoms with Gasteiger partial charge in [0.25, 0.3) is 0 Å². The minimum absolute atomic E-state index is 0.238. The number of benzene rings is 2. The number of hydrogen-bond acceptors (Lipinski definition) is 1. The van der Waals surface area contributed by atoms with Crippen LogP contribution in [0.5, 0.6) is 0 Å². The third-order valence-corrected chi connectivity index (χ3v) is 5.68. The fourth-order valence-electron chi connectivity index (χ4n) is 4.45. The van der Waals surface area contributed by atoms with Crippen molar-refractivity contribution in [2.75, 3.05) is 20.1 Å². The molecule has 150 valence electrons. The maximum Gasteiger partial charge on any atom is 0.416 e. The van der Waals surface area contributed by atoms with E-state index < -0.39 is 23.8 Å².